The number of H-pyrrole nitrogens is 1. The number of nitrogens with zero attached hydrogens (tertiary/aromatic N) is 4. The molecule has 0 radical (unpaired) electrons. The topological polar surface area (TPSA) is 66.4 Å². The average molecular weight is 425 g/mol. The Hall–Kier alpha value is -3.46. The van der Waals surface area contributed by atoms with Gasteiger partial charge in [-0.2, -0.15) is 0 Å². The number of benzene rings is 2. The lowest BCUT2D eigenvalue weighted by molar-refractivity contribution is 0.310. The first-order valence-electron chi connectivity index (χ1n) is 9.97. The number of pyridine rings is 1. The molecule has 2 aromatic heterocycles. The highest BCUT2D eigenvalue weighted by Gasteiger charge is 2.25. The minimum absolute atomic E-state index is 0.0333. The van der Waals surface area contributed by atoms with Crippen LogP contribution in [-0.2, 0) is 0 Å². The first-order chi connectivity index (χ1) is 15.0. The van der Waals surface area contributed by atoms with Crippen LogP contribution in [-0.4, -0.2) is 60.0 Å². The van der Waals surface area contributed by atoms with E-state index in [-0.39, 0.29) is 27.5 Å². The number of fused-ring (bicyclic) bond motifs is 3. The zero-order chi connectivity index (χ0) is 21.7. The molecule has 0 aliphatic carbocycles. The summed E-state index contributed by atoms with van der Waals surface area (Å²) in [5.41, 5.74) is 0.535. The fourth-order valence-electron chi connectivity index (χ4n) is 4.05. The number of aromatic nitrogens is 3. The number of hydrogen-bond donors (Lipinski definition) is 1. The Balaban J connectivity index is 1.67. The Morgan fingerprint density at radius 1 is 1.06 bits per heavy atom. The lowest BCUT2D eigenvalue weighted by Gasteiger charge is -2.34. The van der Waals surface area contributed by atoms with E-state index in [1.54, 1.807) is 36.3 Å². The smallest absolute Gasteiger partial charge is 0.280 e. The van der Waals surface area contributed by atoms with Crippen molar-refractivity contribution in [2.45, 2.75) is 0 Å². The number of likely N-dealkylation sites (N-methyl/N-ethyl adjacent to an activating group) is 1. The molecule has 0 amide bonds. The summed E-state index contributed by atoms with van der Waals surface area (Å²) in [6.07, 6.45) is 1.34. The molecule has 9 heteroatoms. The summed E-state index contributed by atoms with van der Waals surface area (Å²) in [5, 5.41) is 3.48. The Morgan fingerprint density at radius 3 is 2.45 bits per heavy atom. The Labute approximate surface area is 176 Å². The molecule has 5 rings (SSSR count). The second-order valence-corrected chi connectivity index (χ2v) is 7.70. The fraction of sp³-hybridized carbons (Fsp3) is 0.273. The van der Waals surface area contributed by atoms with Crippen molar-refractivity contribution in [1.29, 1.82) is 0 Å². The number of ether oxygens (including phenoxy) is 1. The third-order valence-corrected chi connectivity index (χ3v) is 5.84. The molecular weight excluding hydrogens is 404 g/mol. The highest BCUT2D eigenvalue weighted by Crippen LogP contribution is 2.33. The van der Waals surface area contributed by atoms with Gasteiger partial charge in [0.25, 0.3) is 5.56 Å². The number of nitrogens with one attached hydrogen (secondary N) is 1. The number of hydrogen-bond acceptors (Lipinski definition) is 5. The Kier molecular flexibility index (Phi) is 4.62. The van der Waals surface area contributed by atoms with Crippen LogP contribution in [0, 0.1) is 11.6 Å². The summed E-state index contributed by atoms with van der Waals surface area (Å²) in [5.74, 6) is -0.720. The van der Waals surface area contributed by atoms with Crippen molar-refractivity contribution in [1.82, 2.24) is 19.7 Å². The number of methoxy groups -OCH3 is 1. The summed E-state index contributed by atoms with van der Waals surface area (Å²) in [6, 6.07) is 8.15. The highest BCUT2D eigenvalue weighted by molar-refractivity contribution is 6.04. The van der Waals surface area contributed by atoms with E-state index < -0.39 is 11.6 Å². The van der Waals surface area contributed by atoms with Gasteiger partial charge in [0.1, 0.15) is 22.8 Å². The van der Waals surface area contributed by atoms with Crippen molar-refractivity contribution in [2.24, 2.45) is 0 Å². The largest absolute Gasteiger partial charge is 0.497 e. The van der Waals surface area contributed by atoms with Crippen LogP contribution in [0.3, 0.4) is 0 Å². The van der Waals surface area contributed by atoms with Gasteiger partial charge in [0.2, 0.25) is 0 Å². The fourth-order valence-corrected chi connectivity index (χ4v) is 4.05. The number of rotatable bonds is 3. The van der Waals surface area contributed by atoms with Crippen LogP contribution in [0.5, 0.6) is 5.75 Å². The van der Waals surface area contributed by atoms with Crippen molar-refractivity contribution < 1.29 is 13.5 Å². The maximum Gasteiger partial charge on any atom is 0.280 e. The molecule has 0 saturated carbocycles. The van der Waals surface area contributed by atoms with Crippen LogP contribution >= 0.6 is 0 Å². The van der Waals surface area contributed by atoms with Crippen molar-refractivity contribution in [3.8, 4) is 11.4 Å². The van der Waals surface area contributed by atoms with E-state index in [4.69, 9.17) is 4.74 Å². The molecule has 2 aromatic carbocycles. The lowest BCUT2D eigenvalue weighted by atomic mass is 10.1. The van der Waals surface area contributed by atoms with E-state index >= 15 is 8.78 Å². The summed E-state index contributed by atoms with van der Waals surface area (Å²) >= 11 is 0. The van der Waals surface area contributed by atoms with Crippen molar-refractivity contribution in [3.05, 3.63) is 58.5 Å². The van der Waals surface area contributed by atoms with Gasteiger partial charge >= 0.3 is 0 Å². The van der Waals surface area contributed by atoms with Gasteiger partial charge in [-0.05, 0) is 37.4 Å². The SMILES string of the molecule is COc1ccc(-n2[nH]c3c(cnc4c(F)c(N5CCN(C)CC5)c(F)cc43)c2=O)cc1. The van der Waals surface area contributed by atoms with Crippen LogP contribution in [0.4, 0.5) is 14.5 Å². The minimum Gasteiger partial charge on any atom is -0.497 e. The zero-order valence-corrected chi connectivity index (χ0v) is 17.2. The normalized spacial score (nSPS) is 15.2. The molecule has 0 atom stereocenters. The first-order valence-corrected chi connectivity index (χ1v) is 9.97. The van der Waals surface area contributed by atoms with E-state index in [0.717, 1.165) is 13.1 Å². The molecule has 1 N–H and O–H groups in total. The van der Waals surface area contributed by atoms with E-state index in [1.165, 1.54) is 16.9 Å². The lowest BCUT2D eigenvalue weighted by Crippen LogP contribution is -2.45. The number of aromatic amines is 1. The van der Waals surface area contributed by atoms with Crippen LogP contribution in [0.15, 0.2) is 41.3 Å². The molecule has 0 unspecified atom stereocenters. The van der Waals surface area contributed by atoms with E-state index in [1.807, 2.05) is 7.05 Å². The molecular formula is C22H21F2N5O2. The molecule has 1 aliphatic heterocycles. The maximum absolute atomic E-state index is 15.4. The van der Waals surface area contributed by atoms with Crippen LogP contribution in [0.2, 0.25) is 0 Å². The maximum atomic E-state index is 15.4. The number of halogens is 2. The molecule has 160 valence electrons. The van der Waals surface area contributed by atoms with Crippen molar-refractivity contribution in [2.75, 3.05) is 45.2 Å². The first kappa shape index (κ1) is 19.5. The van der Waals surface area contributed by atoms with Gasteiger partial charge in [0.15, 0.2) is 5.82 Å². The predicted octanol–water partition coefficient (Wildman–Crippen LogP) is 2.91. The van der Waals surface area contributed by atoms with Gasteiger partial charge in [-0.25, -0.2) is 13.5 Å². The second kappa shape index (κ2) is 7.35. The summed E-state index contributed by atoms with van der Waals surface area (Å²) in [7, 11) is 3.54. The number of anilines is 1. The Morgan fingerprint density at radius 2 is 1.77 bits per heavy atom. The van der Waals surface area contributed by atoms with Crippen molar-refractivity contribution >= 4 is 27.5 Å². The molecule has 1 saturated heterocycles. The minimum atomic E-state index is -0.709. The molecule has 4 aromatic rings. The quantitative estimate of drug-likeness (QED) is 0.547. The third-order valence-electron chi connectivity index (χ3n) is 5.84. The molecule has 1 fully saturated rings. The summed E-state index contributed by atoms with van der Waals surface area (Å²) < 4.78 is 36.9. The van der Waals surface area contributed by atoms with Crippen LogP contribution in [0.25, 0.3) is 27.5 Å². The predicted molar refractivity (Wildman–Crippen MR) is 115 cm³/mol. The molecule has 1 aliphatic rings. The van der Waals surface area contributed by atoms with Crippen molar-refractivity contribution in [3.63, 3.8) is 0 Å². The van der Waals surface area contributed by atoms with Crippen LogP contribution < -0.4 is 15.2 Å². The molecule has 7 nitrogen and oxygen atoms in total. The van der Waals surface area contributed by atoms with Gasteiger partial charge < -0.3 is 14.5 Å². The van der Waals surface area contributed by atoms with E-state index in [0.29, 0.717) is 30.0 Å². The molecule has 31 heavy (non-hydrogen) atoms. The summed E-state index contributed by atoms with van der Waals surface area (Å²) in [4.78, 5) is 20.9. The Bertz CT molecular complexity index is 1340. The van der Waals surface area contributed by atoms with E-state index in [2.05, 4.69) is 15.0 Å². The second-order valence-electron chi connectivity index (χ2n) is 7.70. The van der Waals surface area contributed by atoms with Gasteiger partial charge in [0.05, 0.1) is 23.7 Å². The summed E-state index contributed by atoms with van der Waals surface area (Å²) in [6.45, 7) is 2.51. The monoisotopic (exact) mass is 425 g/mol. The average Bonchev–Trinajstić information content (AvgIpc) is 3.12. The van der Waals surface area contributed by atoms with E-state index in [9.17, 15) is 4.79 Å². The molecule has 0 spiro atoms. The molecule has 0 bridgehead atoms. The highest BCUT2D eigenvalue weighted by atomic mass is 19.1. The van der Waals surface area contributed by atoms with Crippen LogP contribution in [0.1, 0.15) is 0 Å². The van der Waals surface area contributed by atoms with Gasteiger partial charge in [-0.15, -0.1) is 0 Å². The standard InChI is InChI=1S/C22H21F2N5O2/c1-27-7-9-28(10-8-27)21-17(23)11-15-19-16(12-25-20(15)18(21)24)22(30)29(26-19)13-3-5-14(31-2)6-4-13/h3-6,11-12,26H,7-10H2,1-2H3. The van der Waals surface area contributed by atoms with Gasteiger partial charge in [-0.3, -0.25) is 14.9 Å². The van der Waals surface area contributed by atoms with Gasteiger partial charge in [-0.1, -0.05) is 0 Å². The zero-order valence-electron chi connectivity index (χ0n) is 17.2. The molecule has 3 heterocycles. The number of piperazine rings is 1. The van der Waals surface area contributed by atoms with Gasteiger partial charge in [0, 0.05) is 37.8 Å². The third kappa shape index (κ3) is 3.12.